The summed E-state index contributed by atoms with van der Waals surface area (Å²) in [6.07, 6.45) is -2.02. The number of H-pyrrole nitrogens is 1. The molecule has 182 valence electrons. The first-order valence-corrected chi connectivity index (χ1v) is 12.4. The Balaban J connectivity index is 1.39. The van der Waals surface area contributed by atoms with Crippen LogP contribution in [-0.4, -0.2) is 53.4 Å². The molecule has 1 fully saturated rings. The molecule has 0 aliphatic carbocycles. The lowest BCUT2D eigenvalue weighted by atomic mass is 9.96. The topological polar surface area (TPSA) is 86.4 Å². The van der Waals surface area contributed by atoms with Crippen LogP contribution in [0.2, 0.25) is 0 Å². The zero-order valence-corrected chi connectivity index (χ0v) is 19.4. The highest BCUT2D eigenvalue weighted by molar-refractivity contribution is 7.89. The highest BCUT2D eigenvalue weighted by Crippen LogP contribution is 2.30. The third-order valence-electron chi connectivity index (χ3n) is 6.20. The monoisotopic (exact) mass is 494 g/mol. The number of fused-ring (bicyclic) bond motifs is 1. The number of nitrogens with one attached hydrogen (secondary N) is 1. The molecule has 1 aromatic heterocycles. The standard InChI is InChI=1S/C23H25F3N4O3S/c1-2-29(15-16-3-6-19(7-4-16)23(24,25)26)22(31)17-9-11-30(12-10-17)34(32,33)20-8-5-18-14-27-28-21(18)13-20/h3-8,13-14,17H,2,9-12,15H2,1H3,(H,27,28). The molecule has 0 radical (unpaired) electrons. The first-order valence-electron chi connectivity index (χ1n) is 11.0. The first-order chi connectivity index (χ1) is 16.1. The lowest BCUT2D eigenvalue weighted by molar-refractivity contribution is -0.138. The smallest absolute Gasteiger partial charge is 0.338 e. The van der Waals surface area contributed by atoms with Gasteiger partial charge < -0.3 is 4.90 Å². The Morgan fingerprint density at radius 3 is 2.44 bits per heavy atom. The molecule has 0 saturated carbocycles. The van der Waals surface area contributed by atoms with Crippen molar-refractivity contribution in [3.63, 3.8) is 0 Å². The van der Waals surface area contributed by atoms with Crippen molar-refractivity contribution in [3.05, 3.63) is 59.8 Å². The summed E-state index contributed by atoms with van der Waals surface area (Å²) in [5.41, 5.74) is 0.510. The Hall–Kier alpha value is -2.92. The summed E-state index contributed by atoms with van der Waals surface area (Å²) in [4.78, 5) is 14.8. The van der Waals surface area contributed by atoms with Crippen LogP contribution in [0, 0.1) is 5.92 Å². The predicted molar refractivity (Wildman–Crippen MR) is 120 cm³/mol. The fourth-order valence-corrected chi connectivity index (χ4v) is 5.69. The predicted octanol–water partition coefficient (Wildman–Crippen LogP) is 4.03. The van der Waals surface area contributed by atoms with Crippen molar-refractivity contribution in [2.75, 3.05) is 19.6 Å². The van der Waals surface area contributed by atoms with Gasteiger partial charge in [-0.2, -0.15) is 22.6 Å². The van der Waals surface area contributed by atoms with Crippen LogP contribution in [0.3, 0.4) is 0 Å². The molecule has 2 aromatic carbocycles. The number of hydrogen-bond acceptors (Lipinski definition) is 4. The van der Waals surface area contributed by atoms with Gasteiger partial charge >= 0.3 is 6.18 Å². The zero-order valence-electron chi connectivity index (χ0n) is 18.5. The van der Waals surface area contributed by atoms with Crippen LogP contribution in [0.1, 0.15) is 30.9 Å². The number of nitrogens with zero attached hydrogens (tertiary/aromatic N) is 3. The maximum atomic E-state index is 13.1. The summed E-state index contributed by atoms with van der Waals surface area (Å²) in [6.45, 7) is 2.86. The van der Waals surface area contributed by atoms with Crippen LogP contribution in [0.5, 0.6) is 0 Å². The third kappa shape index (κ3) is 4.95. The van der Waals surface area contributed by atoms with Gasteiger partial charge in [-0.15, -0.1) is 0 Å². The first kappa shape index (κ1) is 24.2. The summed E-state index contributed by atoms with van der Waals surface area (Å²) in [5, 5.41) is 7.49. The lowest BCUT2D eigenvalue weighted by Gasteiger charge is -2.33. The molecule has 0 spiro atoms. The van der Waals surface area contributed by atoms with Crippen LogP contribution in [0.25, 0.3) is 10.9 Å². The number of aromatic amines is 1. The summed E-state index contributed by atoms with van der Waals surface area (Å²) in [6, 6.07) is 9.58. The van der Waals surface area contributed by atoms with E-state index in [0.717, 1.165) is 17.5 Å². The summed E-state index contributed by atoms with van der Waals surface area (Å²) in [5.74, 6) is -0.450. The molecule has 7 nitrogen and oxygen atoms in total. The van der Waals surface area contributed by atoms with E-state index in [1.54, 1.807) is 29.3 Å². The second-order valence-electron chi connectivity index (χ2n) is 8.34. The highest BCUT2D eigenvalue weighted by atomic mass is 32.2. The molecular formula is C23H25F3N4O3S. The van der Waals surface area contributed by atoms with Gasteiger partial charge in [0, 0.05) is 37.5 Å². The molecule has 4 rings (SSSR count). The van der Waals surface area contributed by atoms with Crippen molar-refractivity contribution in [2.24, 2.45) is 5.92 Å². The Kier molecular flexibility index (Phi) is 6.68. The molecule has 1 aliphatic rings. The van der Waals surface area contributed by atoms with E-state index in [-0.39, 0.29) is 36.4 Å². The van der Waals surface area contributed by atoms with Gasteiger partial charge in [0.1, 0.15) is 0 Å². The molecule has 0 bridgehead atoms. The van der Waals surface area contributed by atoms with Crippen molar-refractivity contribution in [2.45, 2.75) is 37.4 Å². The van der Waals surface area contributed by atoms with E-state index in [9.17, 15) is 26.4 Å². The number of halogens is 3. The molecule has 1 saturated heterocycles. The van der Waals surface area contributed by atoms with Crippen molar-refractivity contribution >= 4 is 26.8 Å². The minimum Gasteiger partial charge on any atom is -0.338 e. The normalized spacial score (nSPS) is 16.1. The number of sulfonamides is 1. The van der Waals surface area contributed by atoms with Gasteiger partial charge in [-0.25, -0.2) is 8.42 Å². The number of alkyl halides is 3. The van der Waals surface area contributed by atoms with Gasteiger partial charge in [0.2, 0.25) is 15.9 Å². The molecule has 2 heterocycles. The Bertz CT molecular complexity index is 1260. The van der Waals surface area contributed by atoms with E-state index in [1.807, 2.05) is 6.92 Å². The Morgan fingerprint density at radius 1 is 1.15 bits per heavy atom. The van der Waals surface area contributed by atoms with Gasteiger partial charge in [-0.05, 0) is 55.7 Å². The fourth-order valence-electron chi connectivity index (χ4n) is 4.19. The van der Waals surface area contributed by atoms with E-state index in [4.69, 9.17) is 0 Å². The van der Waals surface area contributed by atoms with E-state index < -0.39 is 21.8 Å². The number of carbonyl (C=O) groups is 1. The lowest BCUT2D eigenvalue weighted by Crippen LogP contribution is -2.44. The van der Waals surface area contributed by atoms with E-state index in [1.165, 1.54) is 16.4 Å². The van der Waals surface area contributed by atoms with Gasteiger partial charge in [-0.1, -0.05) is 12.1 Å². The van der Waals surface area contributed by atoms with Crippen LogP contribution in [0.15, 0.2) is 53.6 Å². The number of hydrogen-bond donors (Lipinski definition) is 1. The maximum absolute atomic E-state index is 13.1. The molecule has 3 aromatic rings. The van der Waals surface area contributed by atoms with Crippen LogP contribution in [0.4, 0.5) is 13.2 Å². The average Bonchev–Trinajstić information content (AvgIpc) is 3.30. The average molecular weight is 495 g/mol. The zero-order chi connectivity index (χ0) is 24.5. The molecule has 0 atom stereocenters. The third-order valence-corrected chi connectivity index (χ3v) is 8.10. The number of piperidine rings is 1. The molecule has 1 N–H and O–H groups in total. The summed E-state index contributed by atoms with van der Waals surface area (Å²) < 4.78 is 65.9. The second-order valence-corrected chi connectivity index (χ2v) is 10.3. The molecular weight excluding hydrogens is 469 g/mol. The quantitative estimate of drug-likeness (QED) is 0.561. The van der Waals surface area contributed by atoms with E-state index in [0.29, 0.717) is 30.5 Å². The second kappa shape index (κ2) is 9.38. The SMILES string of the molecule is CCN(Cc1ccc(C(F)(F)F)cc1)C(=O)C1CCN(S(=O)(=O)c2ccc3cn[nH]c3c2)CC1. The van der Waals surface area contributed by atoms with Gasteiger partial charge in [0.25, 0.3) is 0 Å². The van der Waals surface area contributed by atoms with Crippen LogP contribution in [-0.2, 0) is 27.5 Å². The van der Waals surface area contributed by atoms with Gasteiger partial charge in [-0.3, -0.25) is 9.89 Å². The number of aromatic nitrogens is 2. The Morgan fingerprint density at radius 2 is 1.82 bits per heavy atom. The van der Waals surface area contributed by atoms with Crippen LogP contribution >= 0.6 is 0 Å². The van der Waals surface area contributed by atoms with Crippen molar-refractivity contribution in [3.8, 4) is 0 Å². The molecule has 11 heteroatoms. The molecule has 0 unspecified atom stereocenters. The fraction of sp³-hybridized carbons (Fsp3) is 0.391. The number of amides is 1. The van der Waals surface area contributed by atoms with Gasteiger partial charge in [0.05, 0.1) is 22.2 Å². The van der Waals surface area contributed by atoms with Crippen LogP contribution < -0.4 is 0 Å². The molecule has 1 aliphatic heterocycles. The van der Waals surface area contributed by atoms with Crippen molar-refractivity contribution < 1.29 is 26.4 Å². The van der Waals surface area contributed by atoms with E-state index in [2.05, 4.69) is 10.2 Å². The summed E-state index contributed by atoms with van der Waals surface area (Å²) in [7, 11) is -3.70. The summed E-state index contributed by atoms with van der Waals surface area (Å²) >= 11 is 0. The minimum absolute atomic E-state index is 0.113. The Labute approximate surface area is 195 Å². The highest BCUT2D eigenvalue weighted by Gasteiger charge is 2.34. The molecule has 34 heavy (non-hydrogen) atoms. The van der Waals surface area contributed by atoms with Crippen molar-refractivity contribution in [1.82, 2.24) is 19.4 Å². The maximum Gasteiger partial charge on any atom is 0.416 e. The number of carbonyl (C=O) groups excluding carboxylic acids is 1. The number of benzene rings is 2. The number of rotatable bonds is 6. The minimum atomic E-state index is -4.41. The van der Waals surface area contributed by atoms with E-state index >= 15 is 0 Å². The largest absolute Gasteiger partial charge is 0.416 e. The molecule has 1 amide bonds. The van der Waals surface area contributed by atoms with Gasteiger partial charge in [0.15, 0.2) is 0 Å². The van der Waals surface area contributed by atoms with Crippen molar-refractivity contribution in [1.29, 1.82) is 0 Å².